The second kappa shape index (κ2) is 8.48. The van der Waals surface area contributed by atoms with Gasteiger partial charge in [-0.25, -0.2) is 0 Å². The third-order valence-corrected chi connectivity index (χ3v) is 8.24. The number of amides is 2. The summed E-state index contributed by atoms with van der Waals surface area (Å²) < 4.78 is 5.72. The van der Waals surface area contributed by atoms with Crippen molar-refractivity contribution >= 4 is 11.8 Å². The molecule has 1 heterocycles. The summed E-state index contributed by atoms with van der Waals surface area (Å²) in [5.41, 5.74) is 1.22. The zero-order valence-electron chi connectivity index (χ0n) is 18.9. The van der Waals surface area contributed by atoms with Gasteiger partial charge in [-0.2, -0.15) is 0 Å². The van der Waals surface area contributed by atoms with Gasteiger partial charge in [0.15, 0.2) is 6.61 Å². The van der Waals surface area contributed by atoms with Crippen LogP contribution in [0.25, 0.3) is 0 Å². The van der Waals surface area contributed by atoms with Crippen LogP contribution in [0.5, 0.6) is 5.75 Å². The van der Waals surface area contributed by atoms with E-state index in [-0.39, 0.29) is 17.9 Å². The van der Waals surface area contributed by atoms with E-state index in [1.807, 2.05) is 17.0 Å². The Labute approximate surface area is 186 Å². The topological polar surface area (TPSA) is 49.9 Å². The normalized spacial score (nSPS) is 31.7. The van der Waals surface area contributed by atoms with Gasteiger partial charge >= 0.3 is 0 Å². The summed E-state index contributed by atoms with van der Waals surface area (Å²) >= 11 is 0. The minimum atomic E-state index is -0.0754. The number of carbonyl (C=O) groups is 2. The van der Waals surface area contributed by atoms with E-state index in [0.717, 1.165) is 55.6 Å². The maximum Gasteiger partial charge on any atom is 0.260 e. The molecule has 0 N–H and O–H groups in total. The molecular weight excluding hydrogens is 388 g/mol. The van der Waals surface area contributed by atoms with Gasteiger partial charge < -0.3 is 14.5 Å². The molecule has 1 aromatic carbocycles. The molecule has 5 aliphatic rings. The average molecular weight is 425 g/mol. The molecule has 6 rings (SSSR count). The van der Waals surface area contributed by atoms with Crippen LogP contribution in [0, 0.1) is 23.2 Å². The monoisotopic (exact) mass is 424 g/mol. The highest BCUT2D eigenvalue weighted by molar-refractivity contribution is 5.84. The van der Waals surface area contributed by atoms with Crippen LogP contribution in [-0.2, 0) is 16.0 Å². The highest BCUT2D eigenvalue weighted by atomic mass is 16.5. The molecule has 5 fully saturated rings. The van der Waals surface area contributed by atoms with Crippen molar-refractivity contribution in [3.63, 3.8) is 0 Å². The smallest absolute Gasteiger partial charge is 0.260 e. The summed E-state index contributed by atoms with van der Waals surface area (Å²) in [5, 5.41) is 0. The van der Waals surface area contributed by atoms with E-state index in [9.17, 15) is 9.59 Å². The fourth-order valence-electron chi connectivity index (χ4n) is 7.14. The van der Waals surface area contributed by atoms with Gasteiger partial charge in [0, 0.05) is 26.2 Å². The Morgan fingerprint density at radius 2 is 1.45 bits per heavy atom. The molecule has 168 valence electrons. The van der Waals surface area contributed by atoms with Crippen molar-refractivity contribution in [3.8, 4) is 5.75 Å². The SMILES string of the molecule is CCCc1ccc(OCC(=O)N2CCN(C(=O)C34CC5CC(CC(C5)C3)C4)CC2)cc1. The van der Waals surface area contributed by atoms with Crippen molar-refractivity contribution in [1.82, 2.24) is 9.80 Å². The van der Waals surface area contributed by atoms with Crippen molar-refractivity contribution in [3.05, 3.63) is 29.8 Å². The van der Waals surface area contributed by atoms with Gasteiger partial charge in [0.1, 0.15) is 5.75 Å². The second-order valence-corrected chi connectivity index (χ2v) is 10.6. The molecule has 4 aliphatic carbocycles. The molecule has 0 aromatic heterocycles. The lowest BCUT2D eigenvalue weighted by atomic mass is 9.49. The molecule has 4 bridgehead atoms. The highest BCUT2D eigenvalue weighted by Crippen LogP contribution is 2.60. The molecule has 0 unspecified atom stereocenters. The van der Waals surface area contributed by atoms with Crippen LogP contribution in [-0.4, -0.2) is 54.4 Å². The average Bonchev–Trinajstić information content (AvgIpc) is 2.77. The number of benzene rings is 1. The second-order valence-electron chi connectivity index (χ2n) is 10.6. The fraction of sp³-hybridized carbons (Fsp3) is 0.692. The number of piperazine rings is 1. The van der Waals surface area contributed by atoms with Gasteiger partial charge in [-0.1, -0.05) is 25.5 Å². The van der Waals surface area contributed by atoms with E-state index in [1.54, 1.807) is 0 Å². The van der Waals surface area contributed by atoms with Crippen molar-refractivity contribution in [2.75, 3.05) is 32.8 Å². The lowest BCUT2D eigenvalue weighted by Gasteiger charge is -2.57. The van der Waals surface area contributed by atoms with Crippen LogP contribution in [0.4, 0.5) is 0 Å². The Hall–Kier alpha value is -2.04. The van der Waals surface area contributed by atoms with Crippen LogP contribution >= 0.6 is 0 Å². The molecule has 2 amide bonds. The van der Waals surface area contributed by atoms with Crippen molar-refractivity contribution in [2.24, 2.45) is 23.2 Å². The summed E-state index contributed by atoms with van der Waals surface area (Å²) in [7, 11) is 0. The minimum Gasteiger partial charge on any atom is -0.484 e. The van der Waals surface area contributed by atoms with Crippen LogP contribution in [0.1, 0.15) is 57.4 Å². The van der Waals surface area contributed by atoms with Gasteiger partial charge in [-0.05, 0) is 80.4 Å². The lowest BCUT2D eigenvalue weighted by molar-refractivity contribution is -0.160. The molecule has 1 saturated heterocycles. The third kappa shape index (κ3) is 4.20. The number of nitrogens with zero attached hydrogens (tertiary/aromatic N) is 2. The molecule has 5 heteroatoms. The minimum absolute atomic E-state index is 0.0135. The van der Waals surface area contributed by atoms with E-state index >= 15 is 0 Å². The maximum absolute atomic E-state index is 13.5. The summed E-state index contributed by atoms with van der Waals surface area (Å²) in [4.78, 5) is 30.1. The Kier molecular flexibility index (Phi) is 5.70. The van der Waals surface area contributed by atoms with Crippen LogP contribution in [0.2, 0.25) is 0 Å². The van der Waals surface area contributed by atoms with E-state index in [2.05, 4.69) is 24.0 Å². The molecule has 0 spiro atoms. The number of aryl methyl sites for hydroxylation is 1. The number of carbonyl (C=O) groups excluding carboxylic acids is 2. The van der Waals surface area contributed by atoms with Gasteiger partial charge in [-0.15, -0.1) is 0 Å². The predicted octanol–water partition coefficient (Wildman–Crippen LogP) is 3.91. The third-order valence-electron chi connectivity index (χ3n) is 8.24. The Morgan fingerprint density at radius 1 is 0.903 bits per heavy atom. The maximum atomic E-state index is 13.5. The molecule has 1 aliphatic heterocycles. The summed E-state index contributed by atoms with van der Waals surface area (Å²) in [5.74, 6) is 3.49. The van der Waals surface area contributed by atoms with E-state index in [4.69, 9.17) is 4.74 Å². The predicted molar refractivity (Wildman–Crippen MR) is 120 cm³/mol. The van der Waals surface area contributed by atoms with Gasteiger partial charge in [0.25, 0.3) is 5.91 Å². The number of rotatable bonds is 6. The number of hydrogen-bond donors (Lipinski definition) is 0. The van der Waals surface area contributed by atoms with Crippen LogP contribution < -0.4 is 4.74 Å². The van der Waals surface area contributed by atoms with E-state index < -0.39 is 0 Å². The van der Waals surface area contributed by atoms with Crippen LogP contribution in [0.3, 0.4) is 0 Å². The molecule has 0 atom stereocenters. The van der Waals surface area contributed by atoms with E-state index in [1.165, 1.54) is 24.8 Å². The summed E-state index contributed by atoms with van der Waals surface area (Å²) in [6.45, 7) is 4.80. The number of hydrogen-bond acceptors (Lipinski definition) is 3. The fourth-order valence-corrected chi connectivity index (χ4v) is 7.14. The zero-order valence-corrected chi connectivity index (χ0v) is 18.9. The van der Waals surface area contributed by atoms with E-state index in [0.29, 0.717) is 32.1 Å². The summed E-state index contributed by atoms with van der Waals surface area (Å²) in [6, 6.07) is 8.02. The Balaban J connectivity index is 1.11. The van der Waals surface area contributed by atoms with Gasteiger partial charge in [0.2, 0.25) is 5.91 Å². The molecule has 31 heavy (non-hydrogen) atoms. The van der Waals surface area contributed by atoms with Crippen LogP contribution in [0.15, 0.2) is 24.3 Å². The molecular formula is C26H36N2O3. The molecule has 4 saturated carbocycles. The Morgan fingerprint density at radius 3 is 2.00 bits per heavy atom. The summed E-state index contributed by atoms with van der Waals surface area (Å²) in [6.07, 6.45) is 9.59. The first-order chi connectivity index (χ1) is 15.0. The number of ether oxygens (including phenoxy) is 1. The zero-order chi connectivity index (χ0) is 21.4. The lowest BCUT2D eigenvalue weighted by Crippen LogP contribution is -2.58. The molecule has 1 aromatic rings. The van der Waals surface area contributed by atoms with Crippen molar-refractivity contribution in [1.29, 1.82) is 0 Å². The first-order valence-electron chi connectivity index (χ1n) is 12.3. The first-order valence-corrected chi connectivity index (χ1v) is 12.3. The quantitative estimate of drug-likeness (QED) is 0.696. The van der Waals surface area contributed by atoms with Crippen molar-refractivity contribution in [2.45, 2.75) is 58.3 Å². The van der Waals surface area contributed by atoms with Gasteiger partial charge in [0.05, 0.1) is 5.41 Å². The first kappa shape index (κ1) is 20.8. The standard InChI is InChI=1S/C26H36N2O3/c1-2-3-19-4-6-23(7-5-19)31-18-24(29)27-8-10-28(11-9-27)25(30)26-15-20-12-21(16-26)14-22(13-20)17-26/h4-7,20-22H,2-3,8-18H2,1H3. The Bertz CT molecular complexity index is 775. The largest absolute Gasteiger partial charge is 0.484 e. The highest BCUT2D eigenvalue weighted by Gasteiger charge is 2.55. The molecule has 0 radical (unpaired) electrons. The molecule has 5 nitrogen and oxygen atoms in total. The van der Waals surface area contributed by atoms with Crippen molar-refractivity contribution < 1.29 is 14.3 Å². The van der Waals surface area contributed by atoms with Gasteiger partial charge in [-0.3, -0.25) is 9.59 Å².